The molecule has 0 radical (unpaired) electrons. The van der Waals surface area contributed by atoms with Crippen LogP contribution in [0.4, 0.5) is 0 Å². The molecule has 1 unspecified atom stereocenters. The van der Waals surface area contributed by atoms with Crippen molar-refractivity contribution in [3.05, 3.63) is 88.3 Å². The molecule has 0 spiro atoms. The van der Waals surface area contributed by atoms with E-state index >= 15 is 0 Å². The fraction of sp³-hybridized carbons (Fsp3) is 0.105. The fourth-order valence-corrected chi connectivity index (χ4v) is 4.61. The molecule has 0 N–H and O–H groups in total. The van der Waals surface area contributed by atoms with Crippen LogP contribution in [0.25, 0.3) is 0 Å². The van der Waals surface area contributed by atoms with Crippen LogP contribution in [0.1, 0.15) is 27.8 Å². The maximum absolute atomic E-state index is 13.1. The summed E-state index contributed by atoms with van der Waals surface area (Å²) in [6, 6.07) is 15.7. The molecule has 0 aliphatic heterocycles. The Hall–Kier alpha value is -2.08. The van der Waals surface area contributed by atoms with Gasteiger partial charge in [-0.2, -0.15) is 0 Å². The molecule has 0 aliphatic carbocycles. The van der Waals surface area contributed by atoms with Gasteiger partial charge in [-0.1, -0.05) is 53.5 Å². The van der Waals surface area contributed by atoms with Crippen LogP contribution >= 0.6 is 23.2 Å². The number of halogens is 2. The normalized spacial score (nSPS) is 12.7. The predicted molar refractivity (Wildman–Crippen MR) is 100 cm³/mol. The highest BCUT2D eigenvalue weighted by Crippen LogP contribution is 2.35. The van der Waals surface area contributed by atoms with E-state index < -0.39 is 15.1 Å². The minimum Gasteiger partial charge on any atom is -0.468 e. The Kier molecular flexibility index (Phi) is 5.51. The van der Waals surface area contributed by atoms with Crippen LogP contribution in [0.15, 0.2) is 76.2 Å². The standard InChI is InChI=1S/C19H14Cl2O4S/c20-15-9-8-14(11-16(15)21)26(23,24)19(18-7-4-10-25-18)12-17(22)13-5-2-1-3-6-13/h1-11,19H,12H2. The van der Waals surface area contributed by atoms with Crippen LogP contribution in [0, 0.1) is 0 Å². The maximum Gasteiger partial charge on any atom is 0.188 e. The van der Waals surface area contributed by atoms with Crippen molar-refractivity contribution >= 4 is 38.8 Å². The zero-order valence-corrected chi connectivity index (χ0v) is 15.8. The van der Waals surface area contributed by atoms with Crippen molar-refractivity contribution in [1.82, 2.24) is 0 Å². The number of sulfone groups is 1. The smallest absolute Gasteiger partial charge is 0.188 e. The molecular weight excluding hydrogens is 395 g/mol. The van der Waals surface area contributed by atoms with Crippen LogP contribution in [-0.2, 0) is 9.84 Å². The summed E-state index contributed by atoms with van der Waals surface area (Å²) in [6.07, 6.45) is 1.12. The van der Waals surface area contributed by atoms with Crippen molar-refractivity contribution in [3.63, 3.8) is 0 Å². The average Bonchev–Trinajstić information content (AvgIpc) is 3.16. The highest BCUT2D eigenvalue weighted by molar-refractivity contribution is 7.91. The first-order chi connectivity index (χ1) is 12.4. The van der Waals surface area contributed by atoms with Crippen molar-refractivity contribution in [3.8, 4) is 0 Å². The number of hydrogen-bond donors (Lipinski definition) is 0. The molecule has 7 heteroatoms. The zero-order valence-electron chi connectivity index (χ0n) is 13.4. The van der Waals surface area contributed by atoms with E-state index in [1.165, 1.54) is 30.5 Å². The monoisotopic (exact) mass is 408 g/mol. The van der Waals surface area contributed by atoms with E-state index in [0.29, 0.717) is 5.56 Å². The lowest BCUT2D eigenvalue weighted by Crippen LogP contribution is -2.17. The fourth-order valence-electron chi connectivity index (χ4n) is 2.57. The van der Waals surface area contributed by atoms with Crippen molar-refractivity contribution in [2.75, 3.05) is 0 Å². The second-order valence-corrected chi connectivity index (χ2v) is 8.56. The molecule has 0 aliphatic rings. The number of Topliss-reactive ketones (excluding diaryl/α,β-unsaturated/α-hetero) is 1. The van der Waals surface area contributed by atoms with Gasteiger partial charge in [0, 0.05) is 12.0 Å². The number of carbonyl (C=O) groups is 1. The molecule has 0 saturated heterocycles. The van der Waals surface area contributed by atoms with Gasteiger partial charge in [0.25, 0.3) is 0 Å². The Morgan fingerprint density at radius 2 is 1.69 bits per heavy atom. The molecule has 0 saturated carbocycles. The Bertz CT molecular complexity index is 1010. The lowest BCUT2D eigenvalue weighted by Gasteiger charge is -2.16. The summed E-state index contributed by atoms with van der Waals surface area (Å²) in [5.41, 5.74) is 0.438. The molecule has 26 heavy (non-hydrogen) atoms. The molecule has 3 rings (SSSR count). The lowest BCUT2D eigenvalue weighted by atomic mass is 10.1. The van der Waals surface area contributed by atoms with Gasteiger partial charge in [-0.3, -0.25) is 4.79 Å². The minimum absolute atomic E-state index is 0.0193. The van der Waals surface area contributed by atoms with Gasteiger partial charge in [-0.15, -0.1) is 0 Å². The number of ketones is 1. The first-order valence-electron chi connectivity index (χ1n) is 7.70. The lowest BCUT2D eigenvalue weighted by molar-refractivity contribution is 0.0978. The summed E-state index contributed by atoms with van der Waals surface area (Å²) in [6.45, 7) is 0. The third kappa shape index (κ3) is 3.85. The molecule has 2 aromatic carbocycles. The zero-order chi connectivity index (χ0) is 18.7. The number of carbonyl (C=O) groups excluding carboxylic acids is 1. The quantitative estimate of drug-likeness (QED) is 0.513. The van der Waals surface area contributed by atoms with E-state index in [4.69, 9.17) is 27.6 Å². The first kappa shape index (κ1) is 18.7. The molecule has 0 bridgehead atoms. The Morgan fingerprint density at radius 3 is 2.31 bits per heavy atom. The Balaban J connectivity index is 2.01. The third-order valence-corrected chi connectivity index (χ3v) is 6.72. The van der Waals surface area contributed by atoms with E-state index in [9.17, 15) is 13.2 Å². The van der Waals surface area contributed by atoms with Crippen molar-refractivity contribution in [2.24, 2.45) is 0 Å². The SMILES string of the molecule is O=C(CC(c1ccco1)S(=O)(=O)c1ccc(Cl)c(Cl)c1)c1ccccc1. The third-order valence-electron chi connectivity index (χ3n) is 3.92. The maximum atomic E-state index is 13.1. The largest absolute Gasteiger partial charge is 0.468 e. The first-order valence-corrected chi connectivity index (χ1v) is 10.0. The van der Waals surface area contributed by atoms with Crippen LogP contribution in [0.2, 0.25) is 10.0 Å². The summed E-state index contributed by atoms with van der Waals surface area (Å²) in [4.78, 5) is 12.6. The van der Waals surface area contributed by atoms with Crippen molar-refractivity contribution < 1.29 is 17.6 Å². The van der Waals surface area contributed by atoms with Crippen LogP contribution in [-0.4, -0.2) is 14.2 Å². The van der Waals surface area contributed by atoms with Gasteiger partial charge in [-0.25, -0.2) is 8.42 Å². The van der Waals surface area contributed by atoms with Gasteiger partial charge < -0.3 is 4.42 Å². The summed E-state index contributed by atoms with van der Waals surface area (Å²) in [5.74, 6) is -0.101. The van der Waals surface area contributed by atoms with Gasteiger partial charge in [0.15, 0.2) is 15.6 Å². The number of benzene rings is 2. The van der Waals surface area contributed by atoms with Crippen molar-refractivity contribution in [1.29, 1.82) is 0 Å². The molecule has 4 nitrogen and oxygen atoms in total. The van der Waals surface area contributed by atoms with Gasteiger partial charge >= 0.3 is 0 Å². The second-order valence-electron chi connectivity index (χ2n) is 5.62. The molecule has 1 heterocycles. The highest BCUT2D eigenvalue weighted by Gasteiger charge is 2.34. The van der Waals surface area contributed by atoms with Gasteiger partial charge in [0.1, 0.15) is 11.0 Å². The molecule has 1 atom stereocenters. The second kappa shape index (κ2) is 7.66. The van der Waals surface area contributed by atoms with Gasteiger partial charge in [0.05, 0.1) is 21.2 Å². The molecule has 3 aromatic rings. The Morgan fingerprint density at radius 1 is 0.962 bits per heavy atom. The molecule has 1 aromatic heterocycles. The molecule has 0 amide bonds. The average molecular weight is 409 g/mol. The van der Waals surface area contributed by atoms with Crippen molar-refractivity contribution in [2.45, 2.75) is 16.6 Å². The summed E-state index contributed by atoms with van der Waals surface area (Å²) >= 11 is 11.8. The van der Waals surface area contributed by atoms with E-state index in [1.807, 2.05) is 0 Å². The number of hydrogen-bond acceptors (Lipinski definition) is 4. The number of furan rings is 1. The minimum atomic E-state index is -3.92. The predicted octanol–water partition coefficient (Wildman–Crippen LogP) is 5.37. The van der Waals surface area contributed by atoms with Crippen LogP contribution in [0.3, 0.4) is 0 Å². The molecule has 0 fully saturated rings. The van der Waals surface area contributed by atoms with E-state index in [-0.39, 0.29) is 32.9 Å². The van der Waals surface area contributed by atoms with E-state index in [1.54, 1.807) is 36.4 Å². The topological polar surface area (TPSA) is 64.3 Å². The molecule has 134 valence electrons. The molecular formula is C19H14Cl2O4S. The van der Waals surface area contributed by atoms with E-state index in [2.05, 4.69) is 0 Å². The van der Waals surface area contributed by atoms with Gasteiger partial charge in [0.2, 0.25) is 0 Å². The van der Waals surface area contributed by atoms with E-state index in [0.717, 1.165) is 0 Å². The summed E-state index contributed by atoms with van der Waals surface area (Å²) in [5, 5.41) is -0.789. The summed E-state index contributed by atoms with van der Waals surface area (Å²) < 4.78 is 31.6. The highest BCUT2D eigenvalue weighted by atomic mass is 35.5. The van der Waals surface area contributed by atoms with Crippen LogP contribution in [0.5, 0.6) is 0 Å². The summed E-state index contributed by atoms with van der Waals surface area (Å²) in [7, 11) is -3.92. The van der Waals surface area contributed by atoms with Gasteiger partial charge in [-0.05, 0) is 30.3 Å². The van der Waals surface area contributed by atoms with Crippen LogP contribution < -0.4 is 0 Å². The number of rotatable bonds is 6. The Labute approximate surface area is 161 Å².